The van der Waals surface area contributed by atoms with Crippen molar-refractivity contribution < 1.29 is 13.2 Å². The van der Waals surface area contributed by atoms with E-state index < -0.39 is 16.1 Å². The monoisotopic (exact) mass is 486 g/mol. The van der Waals surface area contributed by atoms with Crippen LogP contribution in [0.4, 0.5) is 5.69 Å². The second-order valence-corrected chi connectivity index (χ2v) is 11.0. The van der Waals surface area contributed by atoms with E-state index in [2.05, 4.69) is 35.3 Å². The molecule has 2 heterocycles. The maximum absolute atomic E-state index is 12.9. The number of rotatable bonds is 4. The first-order chi connectivity index (χ1) is 15.7. The van der Waals surface area contributed by atoms with Gasteiger partial charge in [-0.25, -0.2) is 4.98 Å². The minimum Gasteiger partial charge on any atom is -0.319 e. The number of hydrogen-bond acceptors (Lipinski definition) is 6. The average Bonchev–Trinajstić information content (AvgIpc) is 3.19. The highest BCUT2D eigenvalue weighted by Gasteiger charge is 2.34. The molecule has 0 unspecified atom stereocenters. The van der Waals surface area contributed by atoms with Crippen LogP contribution in [0.15, 0.2) is 30.5 Å². The van der Waals surface area contributed by atoms with Crippen LogP contribution in [0.2, 0.25) is 0 Å². The number of imidazole rings is 1. The molecule has 1 aromatic heterocycles. The summed E-state index contributed by atoms with van der Waals surface area (Å²) in [6.07, 6.45) is 7.68. The molecule has 1 N–H and O–H groups in total. The molecular weight excluding hydrogens is 460 g/mol. The molecule has 174 valence electrons. The normalized spacial score (nSPS) is 19.6. The molecule has 2 aliphatic rings. The number of benzene rings is 1. The second-order valence-electron chi connectivity index (χ2n) is 8.41. The van der Waals surface area contributed by atoms with Crippen molar-refractivity contribution in [2.24, 2.45) is 0 Å². The summed E-state index contributed by atoms with van der Waals surface area (Å²) in [6, 6.07) is 7.76. The van der Waals surface area contributed by atoms with Gasteiger partial charge < -0.3 is 5.32 Å². The lowest BCUT2D eigenvalue weighted by Crippen LogP contribution is -2.49. The van der Waals surface area contributed by atoms with Crippen molar-refractivity contribution in [1.82, 2.24) is 17.6 Å². The first-order valence-electron chi connectivity index (χ1n) is 10.7. The molecular formula is C22H26N6O3S2. The summed E-state index contributed by atoms with van der Waals surface area (Å²) in [7, 11) is -0.233. The Morgan fingerprint density at radius 3 is 2.58 bits per heavy atom. The summed E-state index contributed by atoms with van der Waals surface area (Å²) in [5.41, 5.74) is 3.87. The van der Waals surface area contributed by atoms with Gasteiger partial charge in [-0.2, -0.15) is 22.3 Å². The van der Waals surface area contributed by atoms with E-state index in [0.29, 0.717) is 18.8 Å². The molecule has 1 saturated heterocycles. The highest BCUT2D eigenvalue weighted by atomic mass is 32.2. The fourth-order valence-electron chi connectivity index (χ4n) is 4.35. The van der Waals surface area contributed by atoms with Gasteiger partial charge in [0.2, 0.25) is 5.82 Å². The zero-order valence-electron chi connectivity index (χ0n) is 18.5. The van der Waals surface area contributed by atoms with Crippen molar-refractivity contribution in [1.29, 1.82) is 5.26 Å². The largest absolute Gasteiger partial charge is 0.319 e. The van der Waals surface area contributed by atoms with Gasteiger partial charge in [-0.1, -0.05) is 25.0 Å². The maximum Gasteiger partial charge on any atom is 0.292 e. The van der Waals surface area contributed by atoms with Crippen LogP contribution in [0.1, 0.15) is 59.0 Å². The van der Waals surface area contributed by atoms with Gasteiger partial charge in [-0.05, 0) is 49.0 Å². The molecule has 1 aromatic carbocycles. The number of likely N-dealkylation sites (N-methyl/N-ethyl adjacent to an activating group) is 2. The summed E-state index contributed by atoms with van der Waals surface area (Å²) in [6.45, 7) is 0.787. The number of allylic oxidation sites excluding steroid dienone is 2. The highest BCUT2D eigenvalue weighted by Crippen LogP contribution is 2.35. The van der Waals surface area contributed by atoms with Crippen LogP contribution in [0, 0.1) is 11.3 Å². The van der Waals surface area contributed by atoms with Gasteiger partial charge in [-0.15, -0.1) is 0 Å². The molecule has 11 heteroatoms. The predicted octanol–water partition coefficient (Wildman–Crippen LogP) is 2.86. The molecule has 33 heavy (non-hydrogen) atoms. The van der Waals surface area contributed by atoms with E-state index in [1.807, 2.05) is 18.2 Å². The summed E-state index contributed by atoms with van der Waals surface area (Å²) >= 11 is 4.19. The smallest absolute Gasteiger partial charge is 0.292 e. The van der Waals surface area contributed by atoms with Crippen molar-refractivity contribution in [2.45, 2.75) is 31.6 Å². The maximum atomic E-state index is 12.9. The number of anilines is 1. The van der Waals surface area contributed by atoms with Crippen molar-refractivity contribution >= 4 is 40.2 Å². The number of hydrogen-bond donors (Lipinski definition) is 2. The number of thiol groups is 1. The van der Waals surface area contributed by atoms with E-state index in [4.69, 9.17) is 5.26 Å². The van der Waals surface area contributed by atoms with Gasteiger partial charge in [0, 0.05) is 44.4 Å². The molecule has 2 aromatic rings. The lowest BCUT2D eigenvalue weighted by atomic mass is 9.89. The molecule has 1 amide bonds. The number of aromatic nitrogens is 2. The Labute approximate surface area is 199 Å². The lowest BCUT2D eigenvalue weighted by Gasteiger charge is -2.36. The molecule has 9 nitrogen and oxygen atoms in total. The van der Waals surface area contributed by atoms with E-state index in [0.717, 1.165) is 42.4 Å². The van der Waals surface area contributed by atoms with Crippen LogP contribution in [0.5, 0.6) is 0 Å². The highest BCUT2D eigenvalue weighted by molar-refractivity contribution is 7.86. The number of nitrogens with zero attached hydrogens (tertiary/aromatic N) is 5. The summed E-state index contributed by atoms with van der Waals surface area (Å²) in [5.74, 6) is -0.422. The predicted molar refractivity (Wildman–Crippen MR) is 129 cm³/mol. The van der Waals surface area contributed by atoms with Crippen LogP contribution >= 0.6 is 12.8 Å². The third-order valence-electron chi connectivity index (χ3n) is 6.15. The van der Waals surface area contributed by atoms with Gasteiger partial charge >= 0.3 is 0 Å². The molecule has 0 bridgehead atoms. The SMILES string of the molecule is CN1CC(c2ccc(NC(=O)c3nc(C#N)cn3S)c(C3=CCCCC3)c2)CN(C)S1(=O)=O. The molecule has 1 fully saturated rings. The van der Waals surface area contributed by atoms with Crippen LogP contribution in [-0.4, -0.2) is 59.1 Å². The van der Waals surface area contributed by atoms with Crippen LogP contribution in [-0.2, 0) is 10.2 Å². The molecule has 0 spiro atoms. The van der Waals surface area contributed by atoms with Crippen LogP contribution in [0.3, 0.4) is 0 Å². The minimum absolute atomic E-state index is 0.00532. The average molecular weight is 487 g/mol. The zero-order chi connectivity index (χ0) is 23.8. The molecule has 0 atom stereocenters. The molecule has 4 rings (SSSR count). The number of nitriles is 1. The van der Waals surface area contributed by atoms with E-state index >= 15 is 0 Å². The summed E-state index contributed by atoms with van der Waals surface area (Å²) < 4.78 is 28.6. The van der Waals surface area contributed by atoms with Crippen molar-refractivity contribution in [3.63, 3.8) is 0 Å². The Hall–Kier alpha value is -2.65. The fraction of sp³-hybridized carbons (Fsp3) is 0.409. The third kappa shape index (κ3) is 4.70. The number of carbonyl (C=O) groups is 1. The second kappa shape index (κ2) is 9.30. The van der Waals surface area contributed by atoms with Crippen molar-refractivity contribution in [2.75, 3.05) is 32.5 Å². The lowest BCUT2D eigenvalue weighted by molar-refractivity contribution is 0.101. The van der Waals surface area contributed by atoms with Gasteiger partial charge in [0.15, 0.2) is 5.69 Å². The third-order valence-corrected chi connectivity index (χ3v) is 8.33. The Morgan fingerprint density at radius 2 is 1.97 bits per heavy atom. The van der Waals surface area contributed by atoms with Crippen LogP contribution in [0.25, 0.3) is 5.57 Å². The number of amides is 1. The van der Waals surface area contributed by atoms with Crippen molar-refractivity contribution in [3.05, 3.63) is 53.1 Å². The Balaban J connectivity index is 1.68. The van der Waals surface area contributed by atoms with Gasteiger partial charge in [0.05, 0.1) is 6.20 Å². The number of nitrogens with one attached hydrogen (secondary N) is 1. The fourth-order valence-corrected chi connectivity index (χ4v) is 5.80. The number of carbonyl (C=O) groups excluding carboxylic acids is 1. The molecule has 0 saturated carbocycles. The van der Waals surface area contributed by atoms with Gasteiger partial charge in [0.25, 0.3) is 16.1 Å². The van der Waals surface area contributed by atoms with E-state index in [9.17, 15) is 13.2 Å². The summed E-state index contributed by atoms with van der Waals surface area (Å²) in [5, 5.41) is 12.0. The molecule has 1 aliphatic heterocycles. The Morgan fingerprint density at radius 1 is 1.24 bits per heavy atom. The zero-order valence-corrected chi connectivity index (χ0v) is 20.2. The van der Waals surface area contributed by atoms with Crippen molar-refractivity contribution in [3.8, 4) is 6.07 Å². The Kier molecular flexibility index (Phi) is 6.63. The molecule has 1 aliphatic carbocycles. The first kappa shape index (κ1) is 23.5. The topological polar surface area (TPSA) is 111 Å². The van der Waals surface area contributed by atoms with E-state index in [1.54, 1.807) is 14.1 Å². The van der Waals surface area contributed by atoms with Gasteiger partial charge in [0.1, 0.15) is 6.07 Å². The standard InChI is InChI=1S/C22H26N6O3S2/c1-26-12-17(13-27(2)33(26,30)31)16-8-9-20(19(10-16)15-6-4-3-5-7-15)25-22(29)21-24-18(11-23)14-28(21)32/h6,8-10,14,17,32H,3-5,7,12-13H2,1-2H3,(H,25,29). The van der Waals surface area contributed by atoms with Gasteiger partial charge in [-0.3, -0.25) is 8.77 Å². The molecule has 0 radical (unpaired) electrons. The minimum atomic E-state index is -3.41. The summed E-state index contributed by atoms with van der Waals surface area (Å²) in [4.78, 5) is 16.9. The first-order valence-corrected chi connectivity index (χ1v) is 12.5. The van der Waals surface area contributed by atoms with E-state index in [-0.39, 0.29) is 17.4 Å². The Bertz CT molecular complexity index is 1240. The van der Waals surface area contributed by atoms with Crippen LogP contribution < -0.4 is 5.32 Å². The van der Waals surface area contributed by atoms with E-state index in [1.165, 1.54) is 18.8 Å². The quantitative estimate of drug-likeness (QED) is 0.646.